The summed E-state index contributed by atoms with van der Waals surface area (Å²) >= 11 is 0. The lowest BCUT2D eigenvalue weighted by Crippen LogP contribution is -2.23. The van der Waals surface area contributed by atoms with Crippen LogP contribution in [0.3, 0.4) is 0 Å². The van der Waals surface area contributed by atoms with Crippen LogP contribution in [0, 0.1) is 5.82 Å². The van der Waals surface area contributed by atoms with E-state index >= 15 is 0 Å². The number of nitrogens with one attached hydrogen (secondary N) is 1. The van der Waals surface area contributed by atoms with Crippen LogP contribution in [0.5, 0.6) is 0 Å². The molecule has 3 nitrogen and oxygen atoms in total. The van der Waals surface area contributed by atoms with Gasteiger partial charge in [0.1, 0.15) is 5.82 Å². The second-order valence-corrected chi connectivity index (χ2v) is 7.10. The van der Waals surface area contributed by atoms with Crippen LogP contribution >= 0.6 is 0 Å². The molecule has 22 heavy (non-hydrogen) atoms. The summed E-state index contributed by atoms with van der Waals surface area (Å²) in [6.07, 6.45) is 1.01. The first-order valence-electron chi connectivity index (χ1n) is 7.26. The molecule has 2 aromatic carbocycles. The highest BCUT2D eigenvalue weighted by Crippen LogP contribution is 2.20. The monoisotopic (exact) mass is 321 g/mol. The van der Waals surface area contributed by atoms with Crippen LogP contribution in [0.1, 0.15) is 37.3 Å². The fourth-order valence-electron chi connectivity index (χ4n) is 2.08. The molecule has 0 aromatic heterocycles. The van der Waals surface area contributed by atoms with Crippen molar-refractivity contribution >= 4 is 10.0 Å². The Morgan fingerprint density at radius 2 is 1.64 bits per heavy atom. The average Bonchev–Trinajstić information content (AvgIpc) is 2.54. The van der Waals surface area contributed by atoms with Crippen LogP contribution in [0.15, 0.2) is 53.4 Å². The van der Waals surface area contributed by atoms with Gasteiger partial charge in [-0.15, -0.1) is 0 Å². The van der Waals surface area contributed by atoms with Gasteiger partial charge in [0.05, 0.1) is 4.90 Å². The van der Waals surface area contributed by atoms with Crippen molar-refractivity contribution in [1.82, 2.24) is 4.72 Å². The van der Waals surface area contributed by atoms with E-state index < -0.39 is 10.0 Å². The second-order valence-electron chi connectivity index (χ2n) is 5.33. The van der Waals surface area contributed by atoms with Gasteiger partial charge in [-0.3, -0.25) is 0 Å². The number of halogens is 1. The molecule has 0 heterocycles. The molecule has 0 aliphatic heterocycles. The van der Waals surface area contributed by atoms with Gasteiger partial charge in [-0.25, -0.2) is 17.5 Å². The van der Waals surface area contributed by atoms with Crippen molar-refractivity contribution in [3.63, 3.8) is 0 Å². The smallest absolute Gasteiger partial charge is 0.207 e. The molecule has 0 unspecified atom stereocenters. The Balaban J connectivity index is 2.08. The Morgan fingerprint density at radius 1 is 1.05 bits per heavy atom. The molecule has 0 radical (unpaired) electrons. The van der Waals surface area contributed by atoms with Gasteiger partial charge in [-0.2, -0.15) is 0 Å². The summed E-state index contributed by atoms with van der Waals surface area (Å²) in [5, 5.41) is 0. The third-order valence-corrected chi connectivity index (χ3v) is 5.17. The maximum Gasteiger partial charge on any atom is 0.240 e. The summed E-state index contributed by atoms with van der Waals surface area (Å²) in [4.78, 5) is 0.238. The molecule has 1 N–H and O–H groups in total. The van der Waals surface area contributed by atoms with Crippen molar-refractivity contribution in [3.05, 3.63) is 65.5 Å². The van der Waals surface area contributed by atoms with Gasteiger partial charge < -0.3 is 0 Å². The van der Waals surface area contributed by atoms with Crippen LogP contribution in [0.4, 0.5) is 4.39 Å². The topological polar surface area (TPSA) is 46.2 Å². The Labute approximate surface area is 131 Å². The van der Waals surface area contributed by atoms with Gasteiger partial charge in [0.2, 0.25) is 10.0 Å². The van der Waals surface area contributed by atoms with Crippen molar-refractivity contribution in [2.75, 3.05) is 0 Å². The molecule has 0 saturated heterocycles. The third-order valence-electron chi connectivity index (χ3n) is 3.75. The SMILES string of the molecule is CC[C@@H](C)c1ccc(S(=O)(=O)NCc2ccc(F)cc2)cc1. The van der Waals surface area contributed by atoms with Crippen LogP contribution in [-0.4, -0.2) is 8.42 Å². The molecule has 0 saturated carbocycles. The number of sulfonamides is 1. The van der Waals surface area contributed by atoms with Gasteiger partial charge in [0.25, 0.3) is 0 Å². The minimum atomic E-state index is -3.56. The minimum absolute atomic E-state index is 0.135. The van der Waals surface area contributed by atoms with Crippen LogP contribution in [0.25, 0.3) is 0 Å². The minimum Gasteiger partial charge on any atom is -0.207 e. The molecular weight excluding hydrogens is 301 g/mol. The fourth-order valence-corrected chi connectivity index (χ4v) is 3.09. The summed E-state index contributed by atoms with van der Waals surface area (Å²) in [6.45, 7) is 4.34. The zero-order valence-electron chi connectivity index (χ0n) is 12.7. The van der Waals surface area contributed by atoms with Crippen LogP contribution in [-0.2, 0) is 16.6 Å². The molecule has 1 atom stereocenters. The largest absolute Gasteiger partial charge is 0.240 e. The van der Waals surface area contributed by atoms with E-state index in [0.717, 1.165) is 12.0 Å². The molecule has 118 valence electrons. The Bertz CT molecular complexity index is 709. The highest BCUT2D eigenvalue weighted by molar-refractivity contribution is 7.89. The maximum absolute atomic E-state index is 12.8. The van der Waals surface area contributed by atoms with Gasteiger partial charge in [-0.05, 0) is 47.7 Å². The van der Waals surface area contributed by atoms with Crippen LogP contribution < -0.4 is 4.72 Å². The van der Waals surface area contributed by atoms with Crippen LogP contribution in [0.2, 0.25) is 0 Å². The highest BCUT2D eigenvalue weighted by atomic mass is 32.2. The first-order chi connectivity index (χ1) is 10.4. The quantitative estimate of drug-likeness (QED) is 0.879. The Morgan fingerprint density at radius 3 is 2.18 bits per heavy atom. The molecule has 2 aromatic rings. The van der Waals surface area contributed by atoms with Crippen molar-refractivity contribution in [1.29, 1.82) is 0 Å². The summed E-state index contributed by atoms with van der Waals surface area (Å²) in [6, 6.07) is 12.7. The standard InChI is InChI=1S/C17H20FNO2S/c1-3-13(2)15-6-10-17(11-7-15)22(20,21)19-12-14-4-8-16(18)9-5-14/h4-11,13,19H,3,12H2,1-2H3/t13-/m1/s1. The lowest BCUT2D eigenvalue weighted by molar-refractivity contribution is 0.581. The average molecular weight is 321 g/mol. The lowest BCUT2D eigenvalue weighted by Gasteiger charge is -2.11. The van der Waals surface area contributed by atoms with E-state index in [0.29, 0.717) is 11.5 Å². The molecule has 5 heteroatoms. The van der Waals surface area contributed by atoms with Gasteiger partial charge >= 0.3 is 0 Å². The highest BCUT2D eigenvalue weighted by Gasteiger charge is 2.14. The van der Waals surface area contributed by atoms with Crippen molar-refractivity contribution in [3.8, 4) is 0 Å². The molecule has 0 fully saturated rings. The number of benzene rings is 2. The second kappa shape index (κ2) is 7.03. The first kappa shape index (κ1) is 16.6. The number of hydrogen-bond acceptors (Lipinski definition) is 2. The Hall–Kier alpha value is -1.72. The van der Waals surface area contributed by atoms with E-state index in [1.807, 2.05) is 12.1 Å². The zero-order valence-corrected chi connectivity index (χ0v) is 13.5. The van der Waals surface area contributed by atoms with E-state index in [-0.39, 0.29) is 17.3 Å². The maximum atomic E-state index is 12.8. The molecule has 0 bridgehead atoms. The van der Waals surface area contributed by atoms with Crippen molar-refractivity contribution < 1.29 is 12.8 Å². The fraction of sp³-hybridized carbons (Fsp3) is 0.294. The summed E-state index contributed by atoms with van der Waals surface area (Å²) in [5.41, 5.74) is 1.83. The predicted molar refractivity (Wildman–Crippen MR) is 85.6 cm³/mol. The third kappa shape index (κ3) is 4.15. The molecule has 0 aliphatic rings. The van der Waals surface area contributed by atoms with E-state index in [1.165, 1.54) is 12.1 Å². The molecule has 0 aliphatic carbocycles. The van der Waals surface area contributed by atoms with Crippen molar-refractivity contribution in [2.24, 2.45) is 0 Å². The lowest BCUT2D eigenvalue weighted by atomic mass is 9.99. The molecule has 0 amide bonds. The predicted octanol–water partition coefficient (Wildman–Crippen LogP) is 3.82. The Kier molecular flexibility index (Phi) is 5.32. The molecule has 2 rings (SSSR count). The number of hydrogen-bond donors (Lipinski definition) is 1. The molecule has 0 spiro atoms. The van der Waals surface area contributed by atoms with Gasteiger partial charge in [-0.1, -0.05) is 38.1 Å². The summed E-state index contributed by atoms with van der Waals surface area (Å²) in [7, 11) is -3.56. The normalized spacial score (nSPS) is 13.0. The molecular formula is C17H20FNO2S. The van der Waals surface area contributed by atoms with Gasteiger partial charge in [0, 0.05) is 6.54 Å². The number of rotatable bonds is 6. The van der Waals surface area contributed by atoms with E-state index in [2.05, 4.69) is 18.6 Å². The summed E-state index contributed by atoms with van der Waals surface area (Å²) in [5.74, 6) is 0.0659. The zero-order chi connectivity index (χ0) is 16.2. The summed E-state index contributed by atoms with van der Waals surface area (Å²) < 4.78 is 39.8. The van der Waals surface area contributed by atoms with E-state index in [9.17, 15) is 12.8 Å². The van der Waals surface area contributed by atoms with Crippen molar-refractivity contribution in [2.45, 2.75) is 37.6 Å². The van der Waals surface area contributed by atoms with E-state index in [1.54, 1.807) is 24.3 Å². The first-order valence-corrected chi connectivity index (χ1v) is 8.74. The van der Waals surface area contributed by atoms with E-state index in [4.69, 9.17) is 0 Å². The van der Waals surface area contributed by atoms with Gasteiger partial charge in [0.15, 0.2) is 0 Å².